The van der Waals surface area contributed by atoms with E-state index in [2.05, 4.69) is 13.8 Å². The maximum atomic E-state index is 12.2. The van der Waals surface area contributed by atoms with Crippen molar-refractivity contribution in [2.75, 3.05) is 0 Å². The van der Waals surface area contributed by atoms with Gasteiger partial charge in [0.25, 0.3) is 0 Å². The molecule has 2 unspecified atom stereocenters. The Balaban J connectivity index is 2.49. The highest BCUT2D eigenvalue weighted by Crippen LogP contribution is 2.33. The van der Waals surface area contributed by atoms with Crippen LogP contribution in [-0.2, 0) is 6.42 Å². The molecular formula is C15H15NO3. The van der Waals surface area contributed by atoms with E-state index < -0.39 is 5.97 Å². The first kappa shape index (κ1) is 12.0. The standard InChI is InChI=1S/C15H15NO3/c1-8-6-10-4-3-5-11-13(10)16(9(8)2)7-12(14(11)17)15(18)19/h3-5,7-9H,6H2,1-2H3,(H,18,19). The number of aromatic carboxylic acids is 1. The Morgan fingerprint density at radius 2 is 2.11 bits per heavy atom. The van der Waals surface area contributed by atoms with Crippen LogP contribution in [0.1, 0.15) is 35.8 Å². The summed E-state index contributed by atoms with van der Waals surface area (Å²) in [7, 11) is 0. The largest absolute Gasteiger partial charge is 0.477 e. The van der Waals surface area contributed by atoms with Gasteiger partial charge in [0.1, 0.15) is 5.56 Å². The Morgan fingerprint density at radius 3 is 2.79 bits per heavy atom. The van der Waals surface area contributed by atoms with Crippen molar-refractivity contribution in [2.24, 2.45) is 5.92 Å². The number of benzene rings is 1. The fraction of sp³-hybridized carbons (Fsp3) is 0.333. The molecule has 1 aromatic heterocycles. The molecule has 0 bridgehead atoms. The molecule has 98 valence electrons. The molecule has 4 heteroatoms. The van der Waals surface area contributed by atoms with E-state index in [9.17, 15) is 14.7 Å². The van der Waals surface area contributed by atoms with Gasteiger partial charge < -0.3 is 9.67 Å². The van der Waals surface area contributed by atoms with E-state index in [0.717, 1.165) is 17.5 Å². The fourth-order valence-electron chi connectivity index (χ4n) is 2.92. The smallest absolute Gasteiger partial charge is 0.341 e. The number of carboxylic acid groups (broad SMARTS) is 1. The van der Waals surface area contributed by atoms with Gasteiger partial charge >= 0.3 is 5.97 Å². The number of carbonyl (C=O) groups is 1. The first-order chi connectivity index (χ1) is 9.00. The molecule has 0 spiro atoms. The summed E-state index contributed by atoms with van der Waals surface area (Å²) >= 11 is 0. The van der Waals surface area contributed by atoms with Crippen LogP contribution in [0.4, 0.5) is 0 Å². The molecule has 2 atom stereocenters. The van der Waals surface area contributed by atoms with E-state index in [1.807, 2.05) is 16.7 Å². The number of para-hydroxylation sites is 1. The molecular weight excluding hydrogens is 242 g/mol. The molecule has 2 aromatic rings. The highest BCUT2D eigenvalue weighted by Gasteiger charge is 2.26. The zero-order valence-electron chi connectivity index (χ0n) is 10.9. The molecule has 2 heterocycles. The summed E-state index contributed by atoms with van der Waals surface area (Å²) in [6.45, 7) is 4.21. The third-order valence-electron chi connectivity index (χ3n) is 4.17. The second-order valence-electron chi connectivity index (χ2n) is 5.32. The molecule has 1 N–H and O–H groups in total. The lowest BCUT2D eigenvalue weighted by Gasteiger charge is -2.31. The average molecular weight is 257 g/mol. The van der Waals surface area contributed by atoms with Crippen molar-refractivity contribution in [1.82, 2.24) is 4.57 Å². The molecule has 0 fully saturated rings. The van der Waals surface area contributed by atoms with Crippen LogP contribution in [0.5, 0.6) is 0 Å². The number of hydrogen-bond donors (Lipinski definition) is 1. The summed E-state index contributed by atoms with van der Waals surface area (Å²) < 4.78 is 1.95. The second kappa shape index (κ2) is 3.95. The zero-order chi connectivity index (χ0) is 13.7. The highest BCUT2D eigenvalue weighted by molar-refractivity contribution is 5.93. The van der Waals surface area contributed by atoms with Gasteiger partial charge in [-0.15, -0.1) is 0 Å². The van der Waals surface area contributed by atoms with Gasteiger partial charge in [0, 0.05) is 17.6 Å². The summed E-state index contributed by atoms with van der Waals surface area (Å²) in [5, 5.41) is 9.68. The third kappa shape index (κ3) is 1.59. The second-order valence-corrected chi connectivity index (χ2v) is 5.32. The summed E-state index contributed by atoms with van der Waals surface area (Å²) in [4.78, 5) is 23.4. The van der Waals surface area contributed by atoms with Gasteiger partial charge in [-0.2, -0.15) is 0 Å². The van der Waals surface area contributed by atoms with Gasteiger partial charge in [-0.1, -0.05) is 19.1 Å². The van der Waals surface area contributed by atoms with Crippen molar-refractivity contribution >= 4 is 16.9 Å². The molecule has 1 aromatic carbocycles. The molecule has 0 saturated heterocycles. The summed E-state index contributed by atoms with van der Waals surface area (Å²) in [5.41, 5.74) is 1.48. The van der Waals surface area contributed by atoms with Crippen molar-refractivity contribution in [3.05, 3.63) is 45.7 Å². The number of aromatic nitrogens is 1. The first-order valence-electron chi connectivity index (χ1n) is 6.40. The van der Waals surface area contributed by atoms with E-state index in [0.29, 0.717) is 11.3 Å². The van der Waals surface area contributed by atoms with Crippen LogP contribution in [0.3, 0.4) is 0 Å². The molecule has 0 saturated carbocycles. The molecule has 1 aliphatic rings. The van der Waals surface area contributed by atoms with Crippen LogP contribution in [0, 0.1) is 5.92 Å². The predicted octanol–water partition coefficient (Wildman–Crippen LogP) is 2.45. The van der Waals surface area contributed by atoms with Gasteiger partial charge in [0.2, 0.25) is 5.43 Å². The number of nitrogens with zero attached hydrogens (tertiary/aromatic N) is 1. The Hall–Kier alpha value is -2.10. The number of rotatable bonds is 1. The molecule has 0 aliphatic carbocycles. The third-order valence-corrected chi connectivity index (χ3v) is 4.17. The molecule has 3 rings (SSSR count). The van der Waals surface area contributed by atoms with Crippen molar-refractivity contribution in [3.8, 4) is 0 Å². The first-order valence-corrected chi connectivity index (χ1v) is 6.40. The van der Waals surface area contributed by atoms with E-state index >= 15 is 0 Å². The summed E-state index contributed by atoms with van der Waals surface area (Å²) in [5.74, 6) is -0.742. The van der Waals surface area contributed by atoms with Gasteiger partial charge in [-0.05, 0) is 30.9 Å². The minimum Gasteiger partial charge on any atom is -0.477 e. The Labute approximate surface area is 110 Å². The van der Waals surface area contributed by atoms with Crippen molar-refractivity contribution in [3.63, 3.8) is 0 Å². The Kier molecular flexibility index (Phi) is 2.49. The van der Waals surface area contributed by atoms with Gasteiger partial charge in [-0.25, -0.2) is 4.79 Å². The van der Waals surface area contributed by atoms with Crippen LogP contribution in [0.15, 0.2) is 29.2 Å². The number of carboxylic acids is 1. The minimum absolute atomic E-state index is 0.148. The normalized spacial score (nSPS) is 21.6. The highest BCUT2D eigenvalue weighted by atomic mass is 16.4. The zero-order valence-corrected chi connectivity index (χ0v) is 10.9. The lowest BCUT2D eigenvalue weighted by Crippen LogP contribution is -2.27. The Morgan fingerprint density at radius 1 is 1.37 bits per heavy atom. The quantitative estimate of drug-likeness (QED) is 0.853. The summed E-state index contributed by atoms with van der Waals surface area (Å²) in [6, 6.07) is 5.75. The topological polar surface area (TPSA) is 59.3 Å². The summed E-state index contributed by atoms with van der Waals surface area (Å²) in [6.07, 6.45) is 2.42. The molecule has 0 radical (unpaired) electrons. The number of hydrogen-bond acceptors (Lipinski definition) is 2. The maximum Gasteiger partial charge on any atom is 0.341 e. The predicted molar refractivity (Wildman–Crippen MR) is 72.7 cm³/mol. The fourth-order valence-corrected chi connectivity index (χ4v) is 2.92. The van der Waals surface area contributed by atoms with E-state index in [4.69, 9.17) is 0 Å². The lowest BCUT2D eigenvalue weighted by atomic mass is 9.88. The lowest BCUT2D eigenvalue weighted by molar-refractivity contribution is 0.0694. The average Bonchev–Trinajstić information content (AvgIpc) is 2.37. The SMILES string of the molecule is CC1Cc2cccc3c(=O)c(C(=O)O)cn(c23)C1C. The Bertz CT molecular complexity index is 745. The van der Waals surface area contributed by atoms with Crippen LogP contribution in [0.2, 0.25) is 0 Å². The van der Waals surface area contributed by atoms with Crippen molar-refractivity contribution in [1.29, 1.82) is 0 Å². The minimum atomic E-state index is -1.16. The van der Waals surface area contributed by atoms with Gasteiger partial charge in [0.05, 0.1) is 5.52 Å². The van der Waals surface area contributed by atoms with E-state index in [1.165, 1.54) is 6.20 Å². The van der Waals surface area contributed by atoms with Crippen LogP contribution >= 0.6 is 0 Å². The van der Waals surface area contributed by atoms with E-state index in [1.54, 1.807) is 6.07 Å². The van der Waals surface area contributed by atoms with Crippen LogP contribution < -0.4 is 5.43 Å². The van der Waals surface area contributed by atoms with Crippen molar-refractivity contribution in [2.45, 2.75) is 26.3 Å². The van der Waals surface area contributed by atoms with E-state index in [-0.39, 0.29) is 17.0 Å². The number of pyridine rings is 1. The van der Waals surface area contributed by atoms with Gasteiger partial charge in [0.15, 0.2) is 0 Å². The van der Waals surface area contributed by atoms with Crippen LogP contribution in [0.25, 0.3) is 10.9 Å². The molecule has 1 aliphatic heterocycles. The van der Waals surface area contributed by atoms with Crippen molar-refractivity contribution < 1.29 is 9.90 Å². The van der Waals surface area contributed by atoms with Crippen LogP contribution in [-0.4, -0.2) is 15.6 Å². The van der Waals surface area contributed by atoms with Gasteiger partial charge in [-0.3, -0.25) is 4.79 Å². The maximum absolute atomic E-state index is 12.2. The molecule has 19 heavy (non-hydrogen) atoms. The monoisotopic (exact) mass is 257 g/mol. The molecule has 0 amide bonds. The molecule has 4 nitrogen and oxygen atoms in total.